The normalized spacial score (nSPS) is 10.6. The average Bonchev–Trinajstić information content (AvgIpc) is 3.21. The summed E-state index contributed by atoms with van der Waals surface area (Å²) in [5.41, 5.74) is 3.35. The van der Waals surface area contributed by atoms with Crippen molar-refractivity contribution in [3.8, 4) is 5.69 Å². The van der Waals surface area contributed by atoms with Crippen LogP contribution in [0.25, 0.3) is 5.69 Å². The first-order valence-corrected chi connectivity index (χ1v) is 10.1. The molecule has 1 aromatic heterocycles. The maximum absolute atomic E-state index is 13.7. The van der Waals surface area contributed by atoms with E-state index in [0.29, 0.717) is 16.8 Å². The molecule has 0 aliphatic carbocycles. The van der Waals surface area contributed by atoms with Crippen LogP contribution in [0.15, 0.2) is 84.9 Å². The summed E-state index contributed by atoms with van der Waals surface area (Å²) in [7, 11) is 0. The highest BCUT2D eigenvalue weighted by molar-refractivity contribution is 6.03. The van der Waals surface area contributed by atoms with Gasteiger partial charge in [0, 0.05) is 29.1 Å². The third-order valence-electron chi connectivity index (χ3n) is 4.92. The summed E-state index contributed by atoms with van der Waals surface area (Å²) in [5.74, 6) is -1.04. The Labute approximate surface area is 184 Å². The molecule has 0 aliphatic heterocycles. The third-order valence-corrected chi connectivity index (χ3v) is 4.92. The van der Waals surface area contributed by atoms with E-state index < -0.39 is 0 Å². The number of carbonyl (C=O) groups excluding carboxylic acids is 2. The average molecular weight is 428 g/mol. The van der Waals surface area contributed by atoms with E-state index in [1.54, 1.807) is 53.2 Å². The van der Waals surface area contributed by atoms with Crippen molar-refractivity contribution < 1.29 is 14.0 Å². The van der Waals surface area contributed by atoms with E-state index >= 15 is 0 Å². The molecule has 160 valence electrons. The van der Waals surface area contributed by atoms with E-state index in [1.807, 2.05) is 37.3 Å². The van der Waals surface area contributed by atoms with Crippen LogP contribution in [0.4, 0.5) is 10.1 Å². The molecule has 32 heavy (non-hydrogen) atoms. The Morgan fingerprint density at radius 3 is 2.31 bits per heavy atom. The topological polar surface area (TPSA) is 76.0 Å². The summed E-state index contributed by atoms with van der Waals surface area (Å²) in [6.07, 6.45) is 0. The van der Waals surface area contributed by atoms with Gasteiger partial charge in [-0.1, -0.05) is 36.4 Å². The van der Waals surface area contributed by atoms with Crippen molar-refractivity contribution in [2.75, 3.05) is 5.32 Å². The molecule has 0 atom stereocenters. The number of nitrogens with one attached hydrogen (secondary N) is 2. The first-order chi connectivity index (χ1) is 15.5. The van der Waals surface area contributed by atoms with Crippen molar-refractivity contribution in [2.24, 2.45) is 0 Å². The zero-order chi connectivity index (χ0) is 22.5. The molecule has 1 heterocycles. The van der Waals surface area contributed by atoms with Gasteiger partial charge in [-0.3, -0.25) is 9.59 Å². The fourth-order valence-electron chi connectivity index (χ4n) is 3.24. The Hall–Kier alpha value is -4.26. The van der Waals surface area contributed by atoms with Crippen LogP contribution in [0.2, 0.25) is 0 Å². The highest BCUT2D eigenvalue weighted by atomic mass is 19.1. The van der Waals surface area contributed by atoms with E-state index in [4.69, 9.17) is 0 Å². The first kappa shape index (κ1) is 21.0. The number of halogens is 1. The molecule has 0 saturated heterocycles. The molecule has 3 aromatic carbocycles. The molecular formula is C25H21FN4O2. The molecule has 2 N–H and O–H groups in total. The van der Waals surface area contributed by atoms with Crippen molar-refractivity contribution in [3.05, 3.63) is 113 Å². The van der Waals surface area contributed by atoms with Crippen LogP contribution in [0, 0.1) is 12.7 Å². The molecular weight excluding hydrogens is 407 g/mol. The van der Waals surface area contributed by atoms with Crippen LogP contribution >= 0.6 is 0 Å². The lowest BCUT2D eigenvalue weighted by molar-refractivity contribution is 0.0950. The van der Waals surface area contributed by atoms with Crippen LogP contribution in [-0.4, -0.2) is 21.6 Å². The Kier molecular flexibility index (Phi) is 6.07. The lowest BCUT2D eigenvalue weighted by Crippen LogP contribution is -2.23. The molecule has 0 unspecified atom stereocenters. The number of nitrogens with zero attached hydrogens (tertiary/aromatic N) is 2. The van der Waals surface area contributed by atoms with Gasteiger partial charge in [0.15, 0.2) is 5.69 Å². The summed E-state index contributed by atoms with van der Waals surface area (Å²) in [4.78, 5) is 24.9. The molecule has 6 nitrogen and oxygen atoms in total. The lowest BCUT2D eigenvalue weighted by Gasteiger charge is -2.08. The van der Waals surface area contributed by atoms with Crippen molar-refractivity contribution in [2.45, 2.75) is 13.5 Å². The molecule has 0 aliphatic rings. The highest BCUT2D eigenvalue weighted by Crippen LogP contribution is 2.15. The summed E-state index contributed by atoms with van der Waals surface area (Å²) in [5, 5.41) is 9.87. The number of amides is 2. The minimum atomic E-state index is -0.365. The lowest BCUT2D eigenvalue weighted by atomic mass is 10.1. The molecule has 0 saturated carbocycles. The summed E-state index contributed by atoms with van der Waals surface area (Å²) < 4.78 is 15.4. The summed E-state index contributed by atoms with van der Waals surface area (Å²) >= 11 is 0. The Morgan fingerprint density at radius 2 is 1.59 bits per heavy atom. The van der Waals surface area contributed by atoms with E-state index in [9.17, 15) is 14.0 Å². The predicted molar refractivity (Wildman–Crippen MR) is 120 cm³/mol. The van der Waals surface area contributed by atoms with Crippen LogP contribution in [0.5, 0.6) is 0 Å². The molecule has 4 aromatic rings. The maximum Gasteiger partial charge on any atom is 0.276 e. The third kappa shape index (κ3) is 4.73. The predicted octanol–water partition coefficient (Wildman–Crippen LogP) is 4.50. The van der Waals surface area contributed by atoms with Crippen molar-refractivity contribution in [1.82, 2.24) is 15.1 Å². The van der Waals surface area contributed by atoms with Gasteiger partial charge in [0.05, 0.1) is 5.69 Å². The first-order valence-electron chi connectivity index (χ1n) is 10.1. The number of benzene rings is 3. The Bertz CT molecular complexity index is 1250. The second-order valence-electron chi connectivity index (χ2n) is 7.22. The number of hydrogen-bond donors (Lipinski definition) is 2. The molecule has 2 amide bonds. The minimum absolute atomic E-state index is 0.0907. The smallest absolute Gasteiger partial charge is 0.276 e. The molecule has 0 bridgehead atoms. The van der Waals surface area contributed by atoms with Crippen molar-refractivity contribution >= 4 is 17.5 Å². The van der Waals surface area contributed by atoms with E-state index in [0.717, 1.165) is 11.4 Å². The summed E-state index contributed by atoms with van der Waals surface area (Å²) in [6.45, 7) is 1.97. The number of para-hydroxylation sites is 1. The van der Waals surface area contributed by atoms with Gasteiger partial charge in [-0.05, 0) is 55.5 Å². The fraction of sp³-hybridized carbons (Fsp3) is 0.0800. The molecule has 0 fully saturated rings. The fourth-order valence-corrected chi connectivity index (χ4v) is 3.24. The minimum Gasteiger partial charge on any atom is -0.348 e. The maximum atomic E-state index is 13.7. The van der Waals surface area contributed by atoms with Gasteiger partial charge in [-0.15, -0.1) is 0 Å². The summed E-state index contributed by atoms with van der Waals surface area (Å²) in [6, 6.07) is 24.0. The van der Waals surface area contributed by atoms with Crippen molar-refractivity contribution in [1.29, 1.82) is 0 Å². The molecule has 4 rings (SSSR count). The van der Waals surface area contributed by atoms with E-state index in [1.165, 1.54) is 6.07 Å². The van der Waals surface area contributed by atoms with Gasteiger partial charge in [-0.25, -0.2) is 9.07 Å². The standard InChI is InChI=1S/C25H21FN4O2/c1-17-15-23(29-30(17)21-8-3-2-4-9-21)25(32)28-20-13-11-18(12-14-20)24(31)27-16-19-7-5-6-10-22(19)26/h2-15H,16H2,1H3,(H,27,31)(H,28,32). The Morgan fingerprint density at radius 1 is 0.906 bits per heavy atom. The van der Waals surface area contributed by atoms with Gasteiger partial charge in [-0.2, -0.15) is 5.10 Å². The number of anilines is 1. The van der Waals surface area contributed by atoms with Crippen molar-refractivity contribution in [3.63, 3.8) is 0 Å². The molecule has 0 spiro atoms. The zero-order valence-electron chi connectivity index (χ0n) is 17.4. The van der Waals surface area contributed by atoms with Crippen LogP contribution < -0.4 is 10.6 Å². The molecule has 0 radical (unpaired) electrons. The van der Waals surface area contributed by atoms with Crippen LogP contribution in [-0.2, 0) is 6.54 Å². The Balaban J connectivity index is 1.39. The number of aryl methyl sites for hydroxylation is 1. The monoisotopic (exact) mass is 428 g/mol. The highest BCUT2D eigenvalue weighted by Gasteiger charge is 2.14. The number of carbonyl (C=O) groups is 2. The van der Waals surface area contributed by atoms with Gasteiger partial charge in [0.2, 0.25) is 0 Å². The van der Waals surface area contributed by atoms with Gasteiger partial charge >= 0.3 is 0 Å². The number of hydrogen-bond acceptors (Lipinski definition) is 3. The van der Waals surface area contributed by atoms with Gasteiger partial charge in [0.1, 0.15) is 5.82 Å². The van der Waals surface area contributed by atoms with Crippen LogP contribution in [0.3, 0.4) is 0 Å². The van der Waals surface area contributed by atoms with Crippen LogP contribution in [0.1, 0.15) is 32.1 Å². The van der Waals surface area contributed by atoms with Gasteiger partial charge < -0.3 is 10.6 Å². The largest absolute Gasteiger partial charge is 0.348 e. The second kappa shape index (κ2) is 9.26. The number of rotatable bonds is 6. The van der Waals surface area contributed by atoms with E-state index in [-0.39, 0.29) is 29.9 Å². The zero-order valence-corrected chi connectivity index (χ0v) is 17.4. The van der Waals surface area contributed by atoms with E-state index in [2.05, 4.69) is 15.7 Å². The number of aromatic nitrogens is 2. The quantitative estimate of drug-likeness (QED) is 0.475. The molecule has 7 heteroatoms. The second-order valence-corrected chi connectivity index (χ2v) is 7.22. The van der Waals surface area contributed by atoms with Gasteiger partial charge in [0.25, 0.3) is 11.8 Å². The SMILES string of the molecule is Cc1cc(C(=O)Nc2ccc(C(=O)NCc3ccccc3F)cc2)nn1-c1ccccc1.